The zero-order valence-electron chi connectivity index (χ0n) is 9.92. The van der Waals surface area contributed by atoms with E-state index in [9.17, 15) is 8.42 Å². The summed E-state index contributed by atoms with van der Waals surface area (Å²) in [5.74, 6) is 0. The van der Waals surface area contributed by atoms with E-state index in [1.54, 1.807) is 13.0 Å². The van der Waals surface area contributed by atoms with Gasteiger partial charge in [-0.25, -0.2) is 9.67 Å². The van der Waals surface area contributed by atoms with E-state index in [4.69, 9.17) is 11.6 Å². The molecule has 0 aliphatic carbocycles. The van der Waals surface area contributed by atoms with E-state index in [1.807, 2.05) is 0 Å². The van der Waals surface area contributed by atoms with Crippen LogP contribution in [0.2, 0.25) is 5.15 Å². The Morgan fingerprint density at radius 3 is 2.68 bits per heavy atom. The molecule has 0 amide bonds. The highest BCUT2D eigenvalue weighted by atomic mass is 79.9. The molecule has 1 N–H and O–H groups in total. The molecule has 2 aromatic rings. The van der Waals surface area contributed by atoms with Gasteiger partial charge in [0.15, 0.2) is 4.60 Å². The van der Waals surface area contributed by atoms with Crippen molar-refractivity contribution in [3.05, 3.63) is 27.6 Å². The van der Waals surface area contributed by atoms with Crippen molar-refractivity contribution < 1.29 is 8.42 Å². The van der Waals surface area contributed by atoms with Crippen LogP contribution in [0.5, 0.6) is 0 Å². The van der Waals surface area contributed by atoms with Crippen LogP contribution in [0.15, 0.2) is 21.9 Å². The number of aromatic nitrogens is 4. The van der Waals surface area contributed by atoms with Gasteiger partial charge in [-0.3, -0.25) is 4.72 Å². The fourth-order valence-corrected chi connectivity index (χ4v) is 3.66. The third kappa shape index (κ3) is 2.88. The van der Waals surface area contributed by atoms with Crippen LogP contribution in [0.25, 0.3) is 0 Å². The van der Waals surface area contributed by atoms with E-state index in [1.165, 1.54) is 13.2 Å². The first kappa shape index (κ1) is 14.2. The number of nitrogens with zero attached hydrogens (tertiary/aromatic N) is 4. The molecule has 0 saturated heterocycles. The maximum Gasteiger partial charge on any atom is 0.281 e. The normalized spacial score (nSPS) is 11.6. The molecule has 10 heteroatoms. The van der Waals surface area contributed by atoms with Gasteiger partial charge >= 0.3 is 0 Å². The molecule has 2 rings (SSSR count). The Labute approximate surface area is 123 Å². The van der Waals surface area contributed by atoms with E-state index in [0.29, 0.717) is 16.4 Å². The number of pyridine rings is 1. The van der Waals surface area contributed by atoms with Gasteiger partial charge in [-0.15, -0.1) is 5.10 Å². The van der Waals surface area contributed by atoms with Gasteiger partial charge in [0.1, 0.15) is 5.15 Å². The Morgan fingerprint density at radius 2 is 2.16 bits per heavy atom. The van der Waals surface area contributed by atoms with Gasteiger partial charge in [-0.05, 0) is 34.5 Å². The molecule has 0 saturated carbocycles. The van der Waals surface area contributed by atoms with Gasteiger partial charge < -0.3 is 0 Å². The number of anilines is 1. The molecule has 0 fully saturated rings. The minimum atomic E-state index is -3.80. The largest absolute Gasteiger partial charge is 0.281 e. The standard InChI is InChI=1S/C9H9BrClN5O2S/c1-5-3-6(4-12-8(5)11)14-19(17,18)9-7(10)13-15-16(9)2/h3-4,14H,1-2H3. The van der Waals surface area contributed by atoms with Crippen molar-refractivity contribution in [2.75, 3.05) is 4.72 Å². The maximum absolute atomic E-state index is 12.2. The van der Waals surface area contributed by atoms with E-state index in [2.05, 4.69) is 35.9 Å². The molecule has 0 aliphatic heterocycles. The second-order valence-electron chi connectivity index (χ2n) is 3.75. The summed E-state index contributed by atoms with van der Waals surface area (Å²) in [6.45, 7) is 1.73. The van der Waals surface area contributed by atoms with E-state index in [-0.39, 0.29) is 9.63 Å². The predicted octanol–water partition coefficient (Wildman–Crippen LogP) is 1.74. The van der Waals surface area contributed by atoms with E-state index >= 15 is 0 Å². The quantitative estimate of drug-likeness (QED) is 0.836. The highest BCUT2D eigenvalue weighted by Crippen LogP contribution is 2.22. The van der Waals surface area contributed by atoms with Crippen LogP contribution >= 0.6 is 27.5 Å². The summed E-state index contributed by atoms with van der Waals surface area (Å²) in [6.07, 6.45) is 1.34. The topological polar surface area (TPSA) is 89.8 Å². The molecule has 7 nitrogen and oxygen atoms in total. The maximum atomic E-state index is 12.2. The van der Waals surface area contributed by atoms with Gasteiger partial charge in [0, 0.05) is 7.05 Å². The monoisotopic (exact) mass is 365 g/mol. The number of aryl methyl sites for hydroxylation is 2. The molecular weight excluding hydrogens is 358 g/mol. The van der Waals surface area contributed by atoms with Gasteiger partial charge in [-0.2, -0.15) is 8.42 Å². The lowest BCUT2D eigenvalue weighted by atomic mass is 10.3. The summed E-state index contributed by atoms with van der Waals surface area (Å²) >= 11 is 8.82. The summed E-state index contributed by atoms with van der Waals surface area (Å²) in [5, 5.41) is 7.51. The summed E-state index contributed by atoms with van der Waals surface area (Å²) in [6, 6.07) is 1.59. The van der Waals surface area contributed by atoms with Crippen molar-refractivity contribution in [2.24, 2.45) is 7.05 Å². The average Bonchev–Trinajstić information content (AvgIpc) is 2.64. The van der Waals surface area contributed by atoms with Crippen LogP contribution in [0.3, 0.4) is 0 Å². The second kappa shape index (κ2) is 5.06. The second-order valence-corrected chi connectivity index (χ2v) is 6.45. The lowest BCUT2D eigenvalue weighted by molar-refractivity contribution is 0.578. The van der Waals surface area contributed by atoms with Crippen LogP contribution in [0.4, 0.5) is 5.69 Å². The molecule has 0 unspecified atom stereocenters. The van der Waals surface area contributed by atoms with Crippen LogP contribution < -0.4 is 4.72 Å². The van der Waals surface area contributed by atoms with Crippen LogP contribution in [-0.2, 0) is 17.1 Å². The molecule has 0 radical (unpaired) electrons. The van der Waals surface area contributed by atoms with Crippen LogP contribution in [-0.4, -0.2) is 28.4 Å². The summed E-state index contributed by atoms with van der Waals surface area (Å²) < 4.78 is 28.1. The minimum Gasteiger partial charge on any atom is -0.277 e. The van der Waals surface area contributed by atoms with Crippen molar-refractivity contribution in [2.45, 2.75) is 11.9 Å². The molecule has 0 bridgehead atoms. The molecular formula is C9H9BrClN5O2S. The lowest BCUT2D eigenvalue weighted by Crippen LogP contribution is -2.17. The van der Waals surface area contributed by atoms with Crippen molar-refractivity contribution in [1.82, 2.24) is 20.0 Å². The fourth-order valence-electron chi connectivity index (χ4n) is 1.43. The molecule has 0 aromatic carbocycles. The Kier molecular flexibility index (Phi) is 3.79. The van der Waals surface area contributed by atoms with Crippen molar-refractivity contribution in [1.29, 1.82) is 0 Å². The summed E-state index contributed by atoms with van der Waals surface area (Å²) in [7, 11) is -2.32. The fraction of sp³-hybridized carbons (Fsp3) is 0.222. The highest BCUT2D eigenvalue weighted by molar-refractivity contribution is 9.10. The number of hydrogen-bond acceptors (Lipinski definition) is 5. The first-order valence-electron chi connectivity index (χ1n) is 5.01. The first-order chi connectivity index (χ1) is 8.81. The zero-order chi connectivity index (χ0) is 14.2. The summed E-state index contributed by atoms with van der Waals surface area (Å²) in [4.78, 5) is 3.88. The Balaban J connectivity index is 2.39. The van der Waals surface area contributed by atoms with Crippen LogP contribution in [0, 0.1) is 6.92 Å². The van der Waals surface area contributed by atoms with Crippen molar-refractivity contribution >= 4 is 43.2 Å². The van der Waals surface area contributed by atoms with Crippen LogP contribution in [0.1, 0.15) is 5.56 Å². The minimum absolute atomic E-state index is 0.0693. The first-order valence-corrected chi connectivity index (χ1v) is 7.67. The predicted molar refractivity (Wildman–Crippen MR) is 73.5 cm³/mol. The molecule has 0 spiro atoms. The zero-order valence-corrected chi connectivity index (χ0v) is 13.1. The van der Waals surface area contributed by atoms with Gasteiger partial charge in [0.05, 0.1) is 11.9 Å². The highest BCUT2D eigenvalue weighted by Gasteiger charge is 2.24. The SMILES string of the molecule is Cc1cc(NS(=O)(=O)c2c(Br)nnn2C)cnc1Cl. The van der Waals surface area contributed by atoms with Gasteiger partial charge in [0.2, 0.25) is 5.03 Å². The molecule has 102 valence electrons. The molecule has 2 heterocycles. The Bertz CT molecular complexity index is 711. The molecule has 0 aliphatic rings. The average molecular weight is 367 g/mol. The van der Waals surface area contributed by atoms with E-state index in [0.717, 1.165) is 4.68 Å². The number of hydrogen-bond donors (Lipinski definition) is 1. The number of rotatable bonds is 3. The third-order valence-electron chi connectivity index (χ3n) is 2.26. The number of nitrogens with one attached hydrogen (secondary N) is 1. The third-order valence-corrected chi connectivity index (χ3v) is 4.92. The van der Waals surface area contributed by atoms with E-state index < -0.39 is 10.0 Å². The van der Waals surface area contributed by atoms with Crippen molar-refractivity contribution in [3.8, 4) is 0 Å². The van der Waals surface area contributed by atoms with Gasteiger partial charge in [0.25, 0.3) is 10.0 Å². The molecule has 0 atom stereocenters. The summed E-state index contributed by atoms with van der Waals surface area (Å²) in [5.41, 5.74) is 0.985. The smallest absolute Gasteiger partial charge is 0.277 e. The van der Waals surface area contributed by atoms with Crippen molar-refractivity contribution in [3.63, 3.8) is 0 Å². The Hall–Kier alpha value is -1.19. The lowest BCUT2D eigenvalue weighted by Gasteiger charge is -2.08. The molecule has 19 heavy (non-hydrogen) atoms. The molecule has 2 aromatic heterocycles. The number of sulfonamides is 1. The number of halogens is 2. The Morgan fingerprint density at radius 1 is 1.47 bits per heavy atom. The van der Waals surface area contributed by atoms with Gasteiger partial charge in [-0.1, -0.05) is 16.8 Å².